The third kappa shape index (κ3) is 4.54. The predicted molar refractivity (Wildman–Crippen MR) is 105 cm³/mol. The van der Waals surface area contributed by atoms with Crippen molar-refractivity contribution in [2.45, 2.75) is 51.9 Å². The summed E-state index contributed by atoms with van der Waals surface area (Å²) in [5, 5.41) is 3.16. The number of aryl methyl sites for hydroxylation is 2. The normalized spacial score (nSPS) is 17.5. The monoisotopic (exact) mass is 358 g/mol. The minimum atomic E-state index is 0.601. The fraction of sp³-hybridized carbons (Fsp3) is 0.500. The molecule has 0 saturated carbocycles. The summed E-state index contributed by atoms with van der Waals surface area (Å²) < 4.78 is 3.18. The third-order valence-corrected chi connectivity index (χ3v) is 5.44. The first-order chi connectivity index (χ1) is 12.2. The van der Waals surface area contributed by atoms with Crippen molar-refractivity contribution in [3.8, 4) is 0 Å². The summed E-state index contributed by atoms with van der Waals surface area (Å²) in [5.74, 6) is 1.24. The smallest absolute Gasteiger partial charge is 0.228 e. The van der Waals surface area contributed by atoms with E-state index in [-0.39, 0.29) is 0 Å². The summed E-state index contributed by atoms with van der Waals surface area (Å²) in [6.07, 6.45) is 9.45. The molecule has 1 aromatic heterocycles. The summed E-state index contributed by atoms with van der Waals surface area (Å²) in [5.41, 5.74) is 10.4. The molecule has 1 aromatic rings. The van der Waals surface area contributed by atoms with E-state index in [0.29, 0.717) is 11.8 Å². The largest absolute Gasteiger partial charge is 0.404 e. The second-order valence-corrected chi connectivity index (χ2v) is 7.24. The minimum Gasteiger partial charge on any atom is -0.404 e. The van der Waals surface area contributed by atoms with E-state index in [1.54, 1.807) is 6.20 Å². The van der Waals surface area contributed by atoms with Crippen LogP contribution in [0.4, 0.5) is 5.95 Å². The number of nitrogens with zero attached hydrogens (tertiary/aromatic N) is 3. The van der Waals surface area contributed by atoms with Crippen LogP contribution in [-0.2, 0) is 12.8 Å². The topological polar surface area (TPSA) is 88.2 Å². The number of fused-ring (bicyclic) bond motifs is 1. The number of hydrogen-bond donors (Lipinski definition) is 3. The molecule has 134 valence electrons. The summed E-state index contributed by atoms with van der Waals surface area (Å²) in [7, 11) is 0. The average molecular weight is 359 g/mol. The molecule has 0 bridgehead atoms. The van der Waals surface area contributed by atoms with Crippen LogP contribution in [0.25, 0.3) is 0 Å². The molecule has 0 unspecified atom stereocenters. The van der Waals surface area contributed by atoms with Crippen LogP contribution in [0, 0.1) is 6.92 Å². The Hall–Kier alpha value is -2.02. The molecule has 2 aliphatic rings. The Morgan fingerprint density at radius 2 is 1.96 bits per heavy atom. The number of nitrogens with one attached hydrogen (secondary N) is 2. The molecule has 1 aliphatic carbocycles. The van der Waals surface area contributed by atoms with Crippen molar-refractivity contribution in [3.05, 3.63) is 40.5 Å². The fourth-order valence-electron chi connectivity index (χ4n) is 3.20. The maximum absolute atomic E-state index is 5.76. The Morgan fingerprint density at radius 3 is 2.72 bits per heavy atom. The Labute approximate surface area is 153 Å². The van der Waals surface area contributed by atoms with Crippen molar-refractivity contribution in [3.63, 3.8) is 0 Å². The van der Waals surface area contributed by atoms with Crippen LogP contribution in [-0.4, -0.2) is 22.2 Å². The number of allylic oxidation sites excluding steroid dienone is 1. The molecule has 0 fully saturated rings. The highest BCUT2D eigenvalue weighted by molar-refractivity contribution is 8.02. The minimum absolute atomic E-state index is 0.601. The van der Waals surface area contributed by atoms with Crippen LogP contribution < -0.4 is 15.8 Å². The zero-order valence-electron chi connectivity index (χ0n) is 14.8. The zero-order valence-corrected chi connectivity index (χ0v) is 15.6. The van der Waals surface area contributed by atoms with E-state index in [0.717, 1.165) is 55.0 Å². The molecule has 0 spiro atoms. The first-order valence-corrected chi connectivity index (χ1v) is 9.70. The Kier molecular flexibility index (Phi) is 5.96. The molecular formula is C18H26N6S. The Bertz CT molecular complexity index is 710. The van der Waals surface area contributed by atoms with Crippen molar-refractivity contribution in [2.75, 3.05) is 11.9 Å². The van der Waals surface area contributed by atoms with Gasteiger partial charge in [-0.1, -0.05) is 6.58 Å². The lowest BCUT2D eigenvalue weighted by atomic mass is 9.95. The number of rotatable bonds is 6. The number of hydrogen-bond acceptors (Lipinski definition) is 7. The highest BCUT2D eigenvalue weighted by Crippen LogP contribution is 2.24. The first-order valence-electron chi connectivity index (χ1n) is 8.88. The van der Waals surface area contributed by atoms with Gasteiger partial charge in [0.15, 0.2) is 0 Å². The lowest BCUT2D eigenvalue weighted by molar-refractivity contribution is 0.658. The van der Waals surface area contributed by atoms with Gasteiger partial charge in [-0.05, 0) is 69.4 Å². The second-order valence-electron chi connectivity index (χ2n) is 6.39. The van der Waals surface area contributed by atoms with Crippen molar-refractivity contribution in [1.29, 1.82) is 0 Å². The fourth-order valence-corrected chi connectivity index (χ4v) is 3.84. The number of nitrogens with two attached hydrogens (primary N) is 1. The van der Waals surface area contributed by atoms with E-state index >= 15 is 0 Å². The molecule has 0 saturated heterocycles. The molecule has 7 heteroatoms. The SMILES string of the molecule is C=C(NSC(=CN)C1=NCCCC1)Nc1nc(C)c2c(n1)CCCC2. The van der Waals surface area contributed by atoms with Crippen LogP contribution in [0.5, 0.6) is 0 Å². The molecule has 4 N–H and O–H groups in total. The Balaban J connectivity index is 1.59. The van der Waals surface area contributed by atoms with Gasteiger partial charge in [-0.2, -0.15) is 0 Å². The highest BCUT2D eigenvalue weighted by atomic mass is 32.2. The molecular weight excluding hydrogens is 332 g/mol. The lowest BCUT2D eigenvalue weighted by Crippen LogP contribution is -2.18. The van der Waals surface area contributed by atoms with Gasteiger partial charge >= 0.3 is 0 Å². The van der Waals surface area contributed by atoms with Gasteiger partial charge < -0.3 is 15.8 Å². The number of aliphatic imine (C=N–C) groups is 1. The second kappa shape index (κ2) is 8.38. The van der Waals surface area contributed by atoms with Crippen LogP contribution >= 0.6 is 11.9 Å². The lowest BCUT2D eigenvalue weighted by Gasteiger charge is -2.19. The van der Waals surface area contributed by atoms with E-state index in [1.807, 2.05) is 0 Å². The molecule has 6 nitrogen and oxygen atoms in total. The maximum Gasteiger partial charge on any atom is 0.228 e. The van der Waals surface area contributed by atoms with Gasteiger partial charge in [0.25, 0.3) is 0 Å². The summed E-state index contributed by atoms with van der Waals surface area (Å²) in [4.78, 5) is 14.7. The third-order valence-electron chi connectivity index (χ3n) is 4.50. The molecule has 0 aromatic carbocycles. The number of aromatic nitrogens is 2. The Morgan fingerprint density at radius 1 is 1.16 bits per heavy atom. The van der Waals surface area contributed by atoms with Gasteiger partial charge in [-0.25, -0.2) is 9.97 Å². The summed E-state index contributed by atoms with van der Waals surface area (Å²) in [6.45, 7) is 6.95. The number of anilines is 1. The first kappa shape index (κ1) is 17.8. The average Bonchev–Trinajstić information content (AvgIpc) is 2.63. The van der Waals surface area contributed by atoms with Gasteiger partial charge in [-0.3, -0.25) is 4.99 Å². The molecule has 0 amide bonds. The standard InChI is InChI=1S/C18H26N6S/c1-12-14-7-3-4-8-15(14)23-18(21-12)22-13(2)24-25-17(11-19)16-9-5-6-10-20-16/h11,24H,2-10,19H2,1H3,(H,21,22,23). The van der Waals surface area contributed by atoms with Crippen molar-refractivity contribution in [2.24, 2.45) is 10.7 Å². The van der Waals surface area contributed by atoms with Crippen LogP contribution in [0.3, 0.4) is 0 Å². The zero-order chi connectivity index (χ0) is 17.6. The van der Waals surface area contributed by atoms with Crippen molar-refractivity contribution >= 4 is 23.6 Å². The molecule has 0 atom stereocenters. The molecule has 0 radical (unpaired) electrons. The summed E-state index contributed by atoms with van der Waals surface area (Å²) >= 11 is 1.43. The van der Waals surface area contributed by atoms with E-state index in [2.05, 4.69) is 38.5 Å². The summed E-state index contributed by atoms with van der Waals surface area (Å²) in [6, 6.07) is 0. The highest BCUT2D eigenvalue weighted by Gasteiger charge is 2.16. The van der Waals surface area contributed by atoms with Crippen LogP contribution in [0.1, 0.15) is 49.1 Å². The molecule has 25 heavy (non-hydrogen) atoms. The van der Waals surface area contributed by atoms with Crippen LogP contribution in [0.15, 0.2) is 28.5 Å². The predicted octanol–water partition coefficient (Wildman–Crippen LogP) is 3.21. The van der Waals surface area contributed by atoms with Crippen LogP contribution in [0.2, 0.25) is 0 Å². The van der Waals surface area contributed by atoms with Gasteiger partial charge in [0.2, 0.25) is 5.95 Å². The molecule has 3 rings (SSSR count). The van der Waals surface area contributed by atoms with Crippen molar-refractivity contribution < 1.29 is 0 Å². The van der Waals surface area contributed by atoms with E-state index in [1.165, 1.54) is 36.0 Å². The molecule has 1 aliphatic heterocycles. The maximum atomic E-state index is 5.76. The van der Waals surface area contributed by atoms with E-state index in [9.17, 15) is 0 Å². The van der Waals surface area contributed by atoms with Gasteiger partial charge in [0, 0.05) is 24.1 Å². The quantitative estimate of drug-likeness (QED) is 0.677. The van der Waals surface area contributed by atoms with Crippen molar-refractivity contribution in [1.82, 2.24) is 14.7 Å². The van der Waals surface area contributed by atoms with Gasteiger partial charge in [-0.15, -0.1) is 0 Å². The van der Waals surface area contributed by atoms with E-state index < -0.39 is 0 Å². The molecule has 2 heterocycles. The van der Waals surface area contributed by atoms with E-state index in [4.69, 9.17) is 5.73 Å². The van der Waals surface area contributed by atoms with Gasteiger partial charge in [0.1, 0.15) is 5.82 Å². The van der Waals surface area contributed by atoms with Gasteiger partial charge in [0.05, 0.1) is 10.6 Å².